The maximum absolute atomic E-state index is 5.45. The van der Waals surface area contributed by atoms with E-state index in [4.69, 9.17) is 9.47 Å². The second-order valence-corrected chi connectivity index (χ2v) is 4.32. The van der Waals surface area contributed by atoms with E-state index in [1.54, 1.807) is 7.11 Å². The zero-order valence-corrected chi connectivity index (χ0v) is 10.7. The van der Waals surface area contributed by atoms with Gasteiger partial charge in [0.15, 0.2) is 0 Å². The van der Waals surface area contributed by atoms with Crippen LogP contribution in [0.5, 0.6) is 0 Å². The van der Waals surface area contributed by atoms with Crippen LogP contribution in [0.15, 0.2) is 0 Å². The molecule has 0 saturated carbocycles. The average Bonchev–Trinajstić information content (AvgIpc) is 2.34. The summed E-state index contributed by atoms with van der Waals surface area (Å²) < 4.78 is 10.4. The summed E-state index contributed by atoms with van der Waals surface area (Å²) in [6, 6.07) is 0.683. The molecule has 0 aromatic rings. The molecule has 4 nitrogen and oxygen atoms in total. The van der Waals surface area contributed by atoms with Crippen LogP contribution in [0.3, 0.4) is 0 Å². The van der Waals surface area contributed by atoms with E-state index in [1.165, 1.54) is 19.5 Å². The number of rotatable bonds is 8. The molecule has 1 atom stereocenters. The second kappa shape index (κ2) is 8.93. The molecular weight excluding hydrogens is 204 g/mol. The lowest BCUT2D eigenvalue weighted by Gasteiger charge is -2.33. The molecule has 1 saturated heterocycles. The Hall–Kier alpha value is -0.160. The normalized spacial score (nSPS) is 22.5. The van der Waals surface area contributed by atoms with Crippen LogP contribution >= 0.6 is 0 Å². The molecule has 0 aromatic carbocycles. The van der Waals surface area contributed by atoms with Crippen molar-refractivity contribution in [2.45, 2.75) is 25.8 Å². The van der Waals surface area contributed by atoms with E-state index in [-0.39, 0.29) is 0 Å². The lowest BCUT2D eigenvalue weighted by Crippen LogP contribution is -2.50. The van der Waals surface area contributed by atoms with Crippen LogP contribution in [0.1, 0.15) is 19.8 Å². The smallest absolute Gasteiger partial charge is 0.0700 e. The van der Waals surface area contributed by atoms with Gasteiger partial charge in [-0.3, -0.25) is 0 Å². The monoisotopic (exact) mass is 230 g/mol. The summed E-state index contributed by atoms with van der Waals surface area (Å²) in [6.45, 7) is 9.16. The minimum Gasteiger partial charge on any atom is -0.382 e. The van der Waals surface area contributed by atoms with Crippen molar-refractivity contribution in [3.63, 3.8) is 0 Å². The first kappa shape index (κ1) is 13.9. The fraction of sp³-hybridized carbons (Fsp3) is 1.00. The van der Waals surface area contributed by atoms with Gasteiger partial charge >= 0.3 is 0 Å². The highest BCUT2D eigenvalue weighted by Crippen LogP contribution is 2.02. The fourth-order valence-corrected chi connectivity index (χ4v) is 2.01. The molecule has 4 heteroatoms. The fourth-order valence-electron chi connectivity index (χ4n) is 2.01. The van der Waals surface area contributed by atoms with Gasteiger partial charge in [-0.2, -0.15) is 0 Å². The summed E-state index contributed by atoms with van der Waals surface area (Å²) in [5.41, 5.74) is 0. The molecule has 0 bridgehead atoms. The van der Waals surface area contributed by atoms with Gasteiger partial charge in [0.1, 0.15) is 0 Å². The van der Waals surface area contributed by atoms with Crippen LogP contribution in [-0.2, 0) is 9.47 Å². The first-order valence-corrected chi connectivity index (χ1v) is 6.39. The third-order valence-corrected chi connectivity index (χ3v) is 3.03. The third kappa shape index (κ3) is 5.80. The zero-order chi connectivity index (χ0) is 11.6. The van der Waals surface area contributed by atoms with Gasteiger partial charge in [-0.25, -0.2) is 0 Å². The Morgan fingerprint density at radius 3 is 2.94 bits per heavy atom. The molecular formula is C12H26N2O2. The Labute approximate surface area is 99.3 Å². The quantitative estimate of drug-likeness (QED) is 0.623. The van der Waals surface area contributed by atoms with Gasteiger partial charge in [0.25, 0.3) is 0 Å². The van der Waals surface area contributed by atoms with Crippen molar-refractivity contribution in [3.05, 3.63) is 0 Å². The van der Waals surface area contributed by atoms with Gasteiger partial charge in [0.2, 0.25) is 0 Å². The van der Waals surface area contributed by atoms with Crippen molar-refractivity contribution in [3.8, 4) is 0 Å². The number of piperazine rings is 1. The molecule has 16 heavy (non-hydrogen) atoms. The largest absolute Gasteiger partial charge is 0.382 e. The van der Waals surface area contributed by atoms with Gasteiger partial charge in [-0.1, -0.05) is 6.92 Å². The Bertz CT molecular complexity index is 167. The lowest BCUT2D eigenvalue weighted by molar-refractivity contribution is 0.0635. The molecule has 1 heterocycles. The SMILES string of the molecule is CCC1CN(CCCOCCOC)CCN1. The number of nitrogens with zero attached hydrogens (tertiary/aromatic N) is 1. The summed E-state index contributed by atoms with van der Waals surface area (Å²) >= 11 is 0. The predicted molar refractivity (Wildman–Crippen MR) is 65.8 cm³/mol. The summed E-state index contributed by atoms with van der Waals surface area (Å²) in [5, 5.41) is 3.53. The number of methoxy groups -OCH3 is 1. The molecule has 1 aliphatic rings. The summed E-state index contributed by atoms with van der Waals surface area (Å²) in [6.07, 6.45) is 2.35. The summed E-state index contributed by atoms with van der Waals surface area (Å²) in [4.78, 5) is 2.53. The Balaban J connectivity index is 1.95. The van der Waals surface area contributed by atoms with Crippen LogP contribution < -0.4 is 5.32 Å². The first-order chi connectivity index (χ1) is 7.86. The van der Waals surface area contributed by atoms with Crippen molar-refractivity contribution < 1.29 is 9.47 Å². The molecule has 1 aliphatic heterocycles. The number of ether oxygens (including phenoxy) is 2. The van der Waals surface area contributed by atoms with Crippen LogP contribution in [0, 0.1) is 0 Å². The summed E-state index contributed by atoms with van der Waals surface area (Å²) in [7, 11) is 1.70. The Kier molecular flexibility index (Phi) is 7.76. The topological polar surface area (TPSA) is 33.7 Å². The molecule has 1 N–H and O–H groups in total. The number of hydrogen-bond acceptors (Lipinski definition) is 4. The van der Waals surface area contributed by atoms with E-state index in [2.05, 4.69) is 17.1 Å². The van der Waals surface area contributed by atoms with Crippen molar-refractivity contribution in [1.29, 1.82) is 0 Å². The van der Waals surface area contributed by atoms with Gasteiger partial charge in [0.05, 0.1) is 13.2 Å². The lowest BCUT2D eigenvalue weighted by atomic mass is 10.1. The highest BCUT2D eigenvalue weighted by molar-refractivity contribution is 4.76. The Morgan fingerprint density at radius 2 is 2.19 bits per heavy atom. The minimum atomic E-state index is 0.683. The van der Waals surface area contributed by atoms with Crippen LogP contribution in [0.2, 0.25) is 0 Å². The standard InChI is InChI=1S/C12H26N2O2/c1-3-12-11-14(7-5-13-12)6-4-8-16-10-9-15-2/h12-13H,3-11H2,1-2H3. The maximum Gasteiger partial charge on any atom is 0.0700 e. The molecule has 0 radical (unpaired) electrons. The van der Waals surface area contributed by atoms with Crippen molar-refractivity contribution in [2.24, 2.45) is 0 Å². The maximum atomic E-state index is 5.45. The number of hydrogen-bond donors (Lipinski definition) is 1. The highest BCUT2D eigenvalue weighted by Gasteiger charge is 2.16. The Morgan fingerprint density at radius 1 is 1.31 bits per heavy atom. The summed E-state index contributed by atoms with van der Waals surface area (Å²) in [5.74, 6) is 0. The molecule has 96 valence electrons. The number of nitrogens with one attached hydrogen (secondary N) is 1. The van der Waals surface area contributed by atoms with Gasteiger partial charge < -0.3 is 19.7 Å². The van der Waals surface area contributed by atoms with E-state index in [1.807, 2.05) is 0 Å². The van der Waals surface area contributed by atoms with Crippen molar-refractivity contribution >= 4 is 0 Å². The van der Waals surface area contributed by atoms with E-state index in [0.717, 1.165) is 32.7 Å². The highest BCUT2D eigenvalue weighted by atomic mass is 16.5. The van der Waals surface area contributed by atoms with Crippen molar-refractivity contribution in [1.82, 2.24) is 10.2 Å². The molecule has 1 rings (SSSR count). The second-order valence-electron chi connectivity index (χ2n) is 4.32. The zero-order valence-electron chi connectivity index (χ0n) is 10.7. The molecule has 0 spiro atoms. The molecule has 0 aromatic heterocycles. The predicted octanol–water partition coefficient (Wildman–Crippen LogP) is 0.723. The molecule has 1 fully saturated rings. The van der Waals surface area contributed by atoms with E-state index in [0.29, 0.717) is 12.6 Å². The van der Waals surface area contributed by atoms with E-state index in [9.17, 15) is 0 Å². The van der Waals surface area contributed by atoms with Gasteiger partial charge in [-0.15, -0.1) is 0 Å². The van der Waals surface area contributed by atoms with Crippen LogP contribution in [0.25, 0.3) is 0 Å². The van der Waals surface area contributed by atoms with E-state index >= 15 is 0 Å². The van der Waals surface area contributed by atoms with Crippen molar-refractivity contribution in [2.75, 3.05) is 53.1 Å². The van der Waals surface area contributed by atoms with Crippen LogP contribution in [-0.4, -0.2) is 64.1 Å². The minimum absolute atomic E-state index is 0.683. The van der Waals surface area contributed by atoms with Crippen LogP contribution in [0.4, 0.5) is 0 Å². The molecule has 0 amide bonds. The third-order valence-electron chi connectivity index (χ3n) is 3.03. The van der Waals surface area contributed by atoms with E-state index < -0.39 is 0 Å². The first-order valence-electron chi connectivity index (χ1n) is 6.39. The molecule has 0 aliphatic carbocycles. The molecule has 1 unspecified atom stereocenters. The van der Waals surface area contributed by atoms with Gasteiger partial charge in [0, 0.05) is 45.9 Å². The van der Waals surface area contributed by atoms with Gasteiger partial charge in [-0.05, 0) is 12.8 Å². The average molecular weight is 230 g/mol.